The summed E-state index contributed by atoms with van der Waals surface area (Å²) in [5.41, 5.74) is 1.33. The number of tetrazole rings is 1. The van der Waals surface area contributed by atoms with E-state index in [4.69, 9.17) is 0 Å². The van der Waals surface area contributed by atoms with E-state index in [1.807, 2.05) is 13.8 Å². The van der Waals surface area contributed by atoms with Gasteiger partial charge >= 0.3 is 0 Å². The van der Waals surface area contributed by atoms with E-state index in [0.29, 0.717) is 11.5 Å². The second-order valence-electron chi connectivity index (χ2n) is 3.91. The molecular weight excluding hydrogens is 221 g/mol. The summed E-state index contributed by atoms with van der Waals surface area (Å²) in [4.78, 5) is 0. The van der Waals surface area contributed by atoms with Gasteiger partial charge in [0.25, 0.3) is 0 Å². The van der Waals surface area contributed by atoms with Crippen LogP contribution in [-0.2, 0) is 0 Å². The number of nitrogens with one attached hydrogen (secondary N) is 1. The molecule has 0 aliphatic heterocycles. The molecule has 1 unspecified atom stereocenters. The predicted molar refractivity (Wildman–Crippen MR) is 61.3 cm³/mol. The second kappa shape index (κ2) is 4.58. The molecule has 0 amide bonds. The van der Waals surface area contributed by atoms with E-state index in [1.165, 1.54) is 10.7 Å². The largest absolute Gasteiger partial charge is 0.311 e. The van der Waals surface area contributed by atoms with Crippen LogP contribution >= 0.6 is 0 Å². The zero-order valence-corrected chi connectivity index (χ0v) is 9.98. The molecule has 0 fully saturated rings. The van der Waals surface area contributed by atoms with Gasteiger partial charge in [-0.3, -0.25) is 0 Å². The van der Waals surface area contributed by atoms with Gasteiger partial charge in [0.1, 0.15) is 11.5 Å². The highest BCUT2D eigenvalue weighted by molar-refractivity contribution is 5.36. The van der Waals surface area contributed by atoms with Gasteiger partial charge < -0.3 is 5.32 Å². The van der Waals surface area contributed by atoms with Gasteiger partial charge in [-0.25, -0.2) is 4.39 Å². The zero-order chi connectivity index (χ0) is 12.4. The normalized spacial score (nSPS) is 12.7. The monoisotopic (exact) mass is 235 g/mol. The van der Waals surface area contributed by atoms with E-state index in [2.05, 4.69) is 20.8 Å². The Balaban J connectivity index is 2.53. The molecule has 0 saturated heterocycles. The molecular formula is C11H14FN5. The summed E-state index contributed by atoms with van der Waals surface area (Å²) in [7, 11) is 1.80. The Kier molecular flexibility index (Phi) is 3.14. The predicted octanol–water partition coefficient (Wildman–Crippen LogP) is 1.39. The van der Waals surface area contributed by atoms with Gasteiger partial charge in [-0.2, -0.15) is 4.68 Å². The summed E-state index contributed by atoms with van der Waals surface area (Å²) in [6.45, 7) is 3.81. The van der Waals surface area contributed by atoms with E-state index in [0.717, 1.165) is 5.56 Å². The molecule has 1 aromatic carbocycles. The van der Waals surface area contributed by atoms with Crippen molar-refractivity contribution >= 4 is 0 Å². The van der Waals surface area contributed by atoms with Crippen LogP contribution in [0.25, 0.3) is 5.69 Å². The maximum atomic E-state index is 13.7. The number of hydrogen-bond donors (Lipinski definition) is 1. The van der Waals surface area contributed by atoms with Gasteiger partial charge in [0.15, 0.2) is 5.82 Å². The lowest BCUT2D eigenvalue weighted by Crippen LogP contribution is -2.18. The maximum Gasteiger partial charge on any atom is 0.173 e. The molecule has 0 aliphatic rings. The molecule has 2 aromatic rings. The minimum atomic E-state index is -0.340. The molecule has 6 heteroatoms. The molecule has 90 valence electrons. The highest BCUT2D eigenvalue weighted by Gasteiger charge is 2.16. The fourth-order valence-corrected chi connectivity index (χ4v) is 1.55. The van der Waals surface area contributed by atoms with Crippen molar-refractivity contribution in [3.05, 3.63) is 35.4 Å². The molecule has 1 atom stereocenters. The van der Waals surface area contributed by atoms with E-state index >= 15 is 0 Å². The van der Waals surface area contributed by atoms with Crippen LogP contribution in [0.5, 0.6) is 0 Å². The summed E-state index contributed by atoms with van der Waals surface area (Å²) in [6.07, 6.45) is 0. The van der Waals surface area contributed by atoms with Crippen molar-refractivity contribution in [2.24, 2.45) is 0 Å². The van der Waals surface area contributed by atoms with Crippen LogP contribution < -0.4 is 5.32 Å². The smallest absolute Gasteiger partial charge is 0.173 e. The first-order chi connectivity index (χ1) is 8.13. The lowest BCUT2D eigenvalue weighted by Gasteiger charge is -2.11. The molecule has 1 N–H and O–H groups in total. The lowest BCUT2D eigenvalue weighted by molar-refractivity contribution is 0.566. The third-order valence-electron chi connectivity index (χ3n) is 2.64. The van der Waals surface area contributed by atoms with Crippen molar-refractivity contribution in [3.8, 4) is 5.69 Å². The molecule has 0 bridgehead atoms. The van der Waals surface area contributed by atoms with Crippen LogP contribution in [0.2, 0.25) is 0 Å². The summed E-state index contributed by atoms with van der Waals surface area (Å²) in [5.74, 6) is 0.240. The molecule has 17 heavy (non-hydrogen) atoms. The SMILES string of the molecule is CNC(C)c1nnnn1-c1cc(C)ccc1F. The Bertz CT molecular complexity index is 522. The summed E-state index contributed by atoms with van der Waals surface area (Å²) in [6, 6.07) is 4.80. The Morgan fingerprint density at radius 1 is 1.41 bits per heavy atom. The molecule has 0 aliphatic carbocycles. The number of halogens is 1. The highest BCUT2D eigenvalue weighted by Crippen LogP contribution is 2.17. The number of aryl methyl sites for hydroxylation is 1. The Morgan fingerprint density at radius 3 is 2.88 bits per heavy atom. The Labute approximate surface area is 98.6 Å². The van der Waals surface area contributed by atoms with Crippen molar-refractivity contribution in [2.45, 2.75) is 19.9 Å². The van der Waals surface area contributed by atoms with E-state index in [1.54, 1.807) is 19.2 Å². The van der Waals surface area contributed by atoms with Gasteiger partial charge in [0, 0.05) is 0 Å². The molecule has 0 radical (unpaired) electrons. The fourth-order valence-electron chi connectivity index (χ4n) is 1.55. The minimum Gasteiger partial charge on any atom is -0.311 e. The number of rotatable bonds is 3. The first kappa shape index (κ1) is 11.7. The lowest BCUT2D eigenvalue weighted by atomic mass is 10.2. The third-order valence-corrected chi connectivity index (χ3v) is 2.64. The standard InChI is InChI=1S/C11H14FN5/c1-7-4-5-9(12)10(6-7)17-11(8(2)13-3)14-15-16-17/h4-6,8,13H,1-3H3. The minimum absolute atomic E-state index is 0.0510. The highest BCUT2D eigenvalue weighted by atomic mass is 19.1. The van der Waals surface area contributed by atoms with Gasteiger partial charge in [0.05, 0.1) is 6.04 Å². The van der Waals surface area contributed by atoms with Crippen LogP contribution in [-0.4, -0.2) is 27.3 Å². The quantitative estimate of drug-likeness (QED) is 0.873. The molecule has 5 nitrogen and oxygen atoms in total. The topological polar surface area (TPSA) is 55.6 Å². The van der Waals surface area contributed by atoms with Crippen molar-refractivity contribution in [1.82, 2.24) is 25.5 Å². The summed E-state index contributed by atoms with van der Waals surface area (Å²) in [5, 5.41) is 14.4. The van der Waals surface area contributed by atoms with Gasteiger partial charge in [0.2, 0.25) is 0 Å². The van der Waals surface area contributed by atoms with E-state index in [-0.39, 0.29) is 11.9 Å². The van der Waals surface area contributed by atoms with E-state index in [9.17, 15) is 4.39 Å². The maximum absolute atomic E-state index is 13.7. The number of aromatic nitrogens is 4. The van der Waals surface area contributed by atoms with Gasteiger partial charge in [-0.1, -0.05) is 6.07 Å². The Hall–Kier alpha value is -1.82. The summed E-state index contributed by atoms with van der Waals surface area (Å²) >= 11 is 0. The number of nitrogens with zero attached hydrogens (tertiary/aromatic N) is 4. The number of hydrogen-bond acceptors (Lipinski definition) is 4. The first-order valence-corrected chi connectivity index (χ1v) is 5.35. The van der Waals surface area contributed by atoms with Crippen LogP contribution in [0.3, 0.4) is 0 Å². The third kappa shape index (κ3) is 2.16. The molecule has 0 saturated carbocycles. The van der Waals surface area contributed by atoms with Gasteiger partial charge in [-0.05, 0) is 49.0 Å². The van der Waals surface area contributed by atoms with Crippen molar-refractivity contribution in [1.29, 1.82) is 0 Å². The molecule has 1 aromatic heterocycles. The fraction of sp³-hybridized carbons (Fsp3) is 0.364. The van der Waals surface area contributed by atoms with Crippen LogP contribution in [0, 0.1) is 12.7 Å². The van der Waals surface area contributed by atoms with Crippen LogP contribution in [0.4, 0.5) is 4.39 Å². The average molecular weight is 235 g/mol. The average Bonchev–Trinajstić information content (AvgIpc) is 2.80. The van der Waals surface area contributed by atoms with E-state index < -0.39 is 0 Å². The van der Waals surface area contributed by atoms with Crippen molar-refractivity contribution in [2.75, 3.05) is 7.05 Å². The van der Waals surface area contributed by atoms with Crippen LogP contribution in [0.15, 0.2) is 18.2 Å². The van der Waals surface area contributed by atoms with Crippen molar-refractivity contribution < 1.29 is 4.39 Å². The molecule has 0 spiro atoms. The Morgan fingerprint density at radius 2 is 2.18 bits per heavy atom. The second-order valence-corrected chi connectivity index (χ2v) is 3.91. The molecule has 2 rings (SSSR count). The summed E-state index contributed by atoms with van der Waals surface area (Å²) < 4.78 is 15.2. The first-order valence-electron chi connectivity index (χ1n) is 5.35. The molecule has 1 heterocycles. The van der Waals surface area contributed by atoms with Gasteiger partial charge in [-0.15, -0.1) is 5.10 Å². The van der Waals surface area contributed by atoms with Crippen LogP contribution in [0.1, 0.15) is 24.4 Å². The zero-order valence-electron chi connectivity index (χ0n) is 9.98. The van der Waals surface area contributed by atoms with Crippen molar-refractivity contribution in [3.63, 3.8) is 0 Å². The number of benzene rings is 1.